The lowest BCUT2D eigenvalue weighted by Crippen LogP contribution is -2.51. The lowest BCUT2D eigenvalue weighted by Gasteiger charge is -2.37. The van der Waals surface area contributed by atoms with Crippen molar-refractivity contribution in [2.45, 2.75) is 51.2 Å². The van der Waals surface area contributed by atoms with Gasteiger partial charge in [0, 0.05) is 31.7 Å². The SMILES string of the molecule is COC1CCN(C(=O)c2n[nH]c(C(C)(C)C)n2)C(CN)C1. The highest BCUT2D eigenvalue weighted by molar-refractivity contribution is 5.90. The lowest BCUT2D eigenvalue weighted by atomic mass is 9.96. The summed E-state index contributed by atoms with van der Waals surface area (Å²) in [5.41, 5.74) is 5.64. The molecule has 0 bridgehead atoms. The number of aromatic nitrogens is 3. The van der Waals surface area contributed by atoms with E-state index in [2.05, 4.69) is 15.2 Å². The van der Waals surface area contributed by atoms with Crippen molar-refractivity contribution >= 4 is 5.91 Å². The predicted octanol–water partition coefficient (Wildman–Crippen LogP) is 0.681. The average Bonchev–Trinajstić information content (AvgIpc) is 2.95. The van der Waals surface area contributed by atoms with Gasteiger partial charge >= 0.3 is 0 Å². The number of rotatable bonds is 3. The molecule has 3 N–H and O–H groups in total. The van der Waals surface area contributed by atoms with Crippen molar-refractivity contribution in [2.24, 2.45) is 5.73 Å². The first kappa shape index (κ1) is 15.9. The smallest absolute Gasteiger partial charge is 0.293 e. The van der Waals surface area contributed by atoms with Crippen LogP contribution in [-0.2, 0) is 10.2 Å². The van der Waals surface area contributed by atoms with Gasteiger partial charge in [-0.3, -0.25) is 9.89 Å². The summed E-state index contributed by atoms with van der Waals surface area (Å²) >= 11 is 0. The number of ether oxygens (including phenoxy) is 1. The van der Waals surface area contributed by atoms with Crippen molar-refractivity contribution in [3.63, 3.8) is 0 Å². The Hall–Kier alpha value is -1.47. The Labute approximate surface area is 125 Å². The molecular formula is C14H25N5O2. The van der Waals surface area contributed by atoms with E-state index in [-0.39, 0.29) is 29.3 Å². The zero-order chi connectivity index (χ0) is 15.6. The Morgan fingerprint density at radius 1 is 1.52 bits per heavy atom. The minimum absolute atomic E-state index is 0.0206. The molecule has 0 saturated carbocycles. The molecule has 1 fully saturated rings. The van der Waals surface area contributed by atoms with Crippen LogP contribution < -0.4 is 5.73 Å². The number of carbonyl (C=O) groups is 1. The number of nitrogens with two attached hydrogens (primary N) is 1. The number of H-pyrrole nitrogens is 1. The third-order valence-corrected chi connectivity index (χ3v) is 3.92. The number of hydrogen-bond donors (Lipinski definition) is 2. The monoisotopic (exact) mass is 295 g/mol. The normalized spacial score (nSPS) is 23.4. The Morgan fingerprint density at radius 3 is 2.76 bits per heavy atom. The molecule has 0 spiro atoms. The largest absolute Gasteiger partial charge is 0.381 e. The van der Waals surface area contributed by atoms with Crippen LogP contribution >= 0.6 is 0 Å². The third kappa shape index (κ3) is 3.41. The van der Waals surface area contributed by atoms with Crippen LogP contribution in [0.25, 0.3) is 0 Å². The van der Waals surface area contributed by atoms with Gasteiger partial charge in [0.05, 0.1) is 6.10 Å². The molecule has 1 aromatic heterocycles. The number of nitrogens with one attached hydrogen (secondary N) is 1. The average molecular weight is 295 g/mol. The summed E-state index contributed by atoms with van der Waals surface area (Å²) in [4.78, 5) is 18.7. The molecule has 118 valence electrons. The molecule has 0 aromatic carbocycles. The molecule has 2 unspecified atom stereocenters. The molecule has 7 heteroatoms. The van der Waals surface area contributed by atoms with Crippen molar-refractivity contribution in [2.75, 3.05) is 20.2 Å². The highest BCUT2D eigenvalue weighted by atomic mass is 16.5. The summed E-state index contributed by atoms with van der Waals surface area (Å²) in [7, 11) is 1.70. The zero-order valence-electron chi connectivity index (χ0n) is 13.2. The topological polar surface area (TPSA) is 97.1 Å². The Bertz CT molecular complexity index is 494. The van der Waals surface area contributed by atoms with E-state index in [0.717, 1.165) is 12.8 Å². The Balaban J connectivity index is 2.13. The lowest BCUT2D eigenvalue weighted by molar-refractivity contribution is 0.0133. The molecule has 1 aliphatic heterocycles. The number of methoxy groups -OCH3 is 1. The van der Waals surface area contributed by atoms with Crippen molar-refractivity contribution in [3.8, 4) is 0 Å². The van der Waals surface area contributed by atoms with Gasteiger partial charge in [0.15, 0.2) is 0 Å². The first-order valence-corrected chi connectivity index (χ1v) is 7.33. The van der Waals surface area contributed by atoms with Gasteiger partial charge in [-0.1, -0.05) is 20.8 Å². The van der Waals surface area contributed by atoms with Crippen LogP contribution in [0, 0.1) is 0 Å². The van der Waals surface area contributed by atoms with E-state index in [9.17, 15) is 4.79 Å². The van der Waals surface area contributed by atoms with Crippen LogP contribution in [0.4, 0.5) is 0 Å². The molecule has 21 heavy (non-hydrogen) atoms. The van der Waals surface area contributed by atoms with E-state index >= 15 is 0 Å². The van der Waals surface area contributed by atoms with E-state index in [1.54, 1.807) is 12.0 Å². The van der Waals surface area contributed by atoms with Crippen molar-refractivity contribution in [3.05, 3.63) is 11.6 Å². The molecule has 1 aromatic rings. The van der Waals surface area contributed by atoms with E-state index in [0.29, 0.717) is 18.9 Å². The second-order valence-corrected chi connectivity index (χ2v) is 6.53. The van der Waals surface area contributed by atoms with Gasteiger partial charge in [0.25, 0.3) is 5.91 Å². The quantitative estimate of drug-likeness (QED) is 0.854. The van der Waals surface area contributed by atoms with Gasteiger partial charge in [0.1, 0.15) is 5.82 Å². The van der Waals surface area contributed by atoms with Gasteiger partial charge in [-0.25, -0.2) is 4.98 Å². The molecule has 7 nitrogen and oxygen atoms in total. The predicted molar refractivity (Wildman–Crippen MR) is 79.0 cm³/mol. The van der Waals surface area contributed by atoms with E-state index in [4.69, 9.17) is 10.5 Å². The van der Waals surface area contributed by atoms with Crippen LogP contribution in [0.3, 0.4) is 0 Å². The molecule has 1 aliphatic rings. The summed E-state index contributed by atoms with van der Waals surface area (Å²) in [5, 5.41) is 6.92. The fourth-order valence-corrected chi connectivity index (χ4v) is 2.54. The Morgan fingerprint density at radius 2 is 2.24 bits per heavy atom. The fourth-order valence-electron chi connectivity index (χ4n) is 2.54. The molecule has 0 aliphatic carbocycles. The number of hydrogen-bond acceptors (Lipinski definition) is 5. The Kier molecular flexibility index (Phi) is 4.63. The maximum absolute atomic E-state index is 12.6. The summed E-state index contributed by atoms with van der Waals surface area (Å²) in [6.45, 7) is 7.11. The first-order chi connectivity index (χ1) is 9.86. The molecule has 2 heterocycles. The fraction of sp³-hybridized carbons (Fsp3) is 0.786. The molecule has 1 saturated heterocycles. The van der Waals surface area contributed by atoms with Crippen LogP contribution in [-0.4, -0.2) is 58.3 Å². The van der Waals surface area contributed by atoms with E-state index in [1.165, 1.54) is 0 Å². The number of carbonyl (C=O) groups excluding carboxylic acids is 1. The van der Waals surface area contributed by atoms with E-state index in [1.807, 2.05) is 20.8 Å². The number of nitrogens with zero attached hydrogens (tertiary/aromatic N) is 3. The van der Waals surface area contributed by atoms with E-state index < -0.39 is 0 Å². The highest BCUT2D eigenvalue weighted by Gasteiger charge is 2.33. The maximum Gasteiger partial charge on any atom is 0.293 e. The zero-order valence-corrected chi connectivity index (χ0v) is 13.2. The van der Waals surface area contributed by atoms with Gasteiger partial charge < -0.3 is 15.4 Å². The standard InChI is InChI=1S/C14H25N5O2/c1-14(2,3)13-16-11(17-18-13)12(20)19-6-5-10(21-4)7-9(19)8-15/h9-10H,5-8,15H2,1-4H3,(H,16,17,18). The van der Waals surface area contributed by atoms with Gasteiger partial charge in [0.2, 0.25) is 5.82 Å². The maximum atomic E-state index is 12.6. The highest BCUT2D eigenvalue weighted by Crippen LogP contribution is 2.22. The second kappa shape index (κ2) is 6.11. The summed E-state index contributed by atoms with van der Waals surface area (Å²) in [6.07, 6.45) is 1.74. The van der Waals surface area contributed by atoms with Gasteiger partial charge in [-0.2, -0.15) is 0 Å². The third-order valence-electron chi connectivity index (χ3n) is 3.92. The van der Waals surface area contributed by atoms with Crippen LogP contribution in [0.2, 0.25) is 0 Å². The second-order valence-electron chi connectivity index (χ2n) is 6.53. The first-order valence-electron chi connectivity index (χ1n) is 7.33. The van der Waals surface area contributed by atoms with Crippen LogP contribution in [0.15, 0.2) is 0 Å². The number of amides is 1. The van der Waals surface area contributed by atoms with Crippen molar-refractivity contribution < 1.29 is 9.53 Å². The summed E-state index contributed by atoms with van der Waals surface area (Å²) in [5.74, 6) is 0.767. The molecule has 2 rings (SSSR count). The summed E-state index contributed by atoms with van der Waals surface area (Å²) in [6, 6.07) is -0.0206. The molecular weight excluding hydrogens is 270 g/mol. The van der Waals surface area contributed by atoms with Gasteiger partial charge in [-0.05, 0) is 12.8 Å². The molecule has 0 radical (unpaired) electrons. The minimum Gasteiger partial charge on any atom is -0.381 e. The molecule has 2 atom stereocenters. The summed E-state index contributed by atoms with van der Waals surface area (Å²) < 4.78 is 5.37. The number of likely N-dealkylation sites (tertiary alicyclic amines) is 1. The van der Waals surface area contributed by atoms with Gasteiger partial charge in [-0.15, -0.1) is 5.10 Å². The number of aromatic amines is 1. The van der Waals surface area contributed by atoms with Crippen LogP contribution in [0.5, 0.6) is 0 Å². The number of piperidine rings is 1. The van der Waals surface area contributed by atoms with Crippen molar-refractivity contribution in [1.82, 2.24) is 20.1 Å². The minimum atomic E-state index is -0.165. The van der Waals surface area contributed by atoms with Crippen molar-refractivity contribution in [1.29, 1.82) is 0 Å². The van der Waals surface area contributed by atoms with Crippen LogP contribution in [0.1, 0.15) is 50.1 Å². The molecule has 1 amide bonds.